The molecule has 0 unspecified atom stereocenters. The lowest BCUT2D eigenvalue weighted by atomic mass is 10.1. The van der Waals surface area contributed by atoms with E-state index in [1.165, 1.54) is 0 Å². The zero-order valence-electron chi connectivity index (χ0n) is 30.4. The first-order chi connectivity index (χ1) is 28.3. The maximum Gasteiger partial charge on any atom is 0.238 e. The summed E-state index contributed by atoms with van der Waals surface area (Å²) < 4.78 is 6.85. The summed E-state index contributed by atoms with van der Waals surface area (Å²) in [6.45, 7) is 0. The fourth-order valence-electron chi connectivity index (χ4n) is 8.51. The van der Waals surface area contributed by atoms with Gasteiger partial charge in [-0.2, -0.15) is 9.97 Å². The quantitative estimate of drug-likeness (QED) is 0.176. The lowest BCUT2D eigenvalue weighted by Crippen LogP contribution is -2.06. The standard InChI is InChI=1S/C49H30N8/c1-4-16-31(17-5-1)47-50-48(32-18-6-2-7-19-32)52-49(51-47)57-39-25-13-10-22-35(39)38-30-34(28-29-42(38)57)56-41-27-15-12-24-37(41)44-46(56)45-43(53-54-44)36-23-11-14-26-40(36)55(45)33-20-8-3-9-21-33/h1-30H. The van der Waals surface area contributed by atoms with Crippen LogP contribution in [-0.4, -0.2) is 38.9 Å². The molecule has 8 nitrogen and oxygen atoms in total. The van der Waals surface area contributed by atoms with Crippen LogP contribution in [0.15, 0.2) is 182 Å². The maximum absolute atomic E-state index is 5.14. The first kappa shape index (κ1) is 31.4. The zero-order valence-corrected chi connectivity index (χ0v) is 30.4. The minimum atomic E-state index is 0.558. The van der Waals surface area contributed by atoms with Crippen molar-refractivity contribution in [2.45, 2.75) is 0 Å². The Hall–Kier alpha value is -7.97. The molecule has 57 heavy (non-hydrogen) atoms. The molecule has 8 heteroatoms. The highest BCUT2D eigenvalue weighted by molar-refractivity contribution is 6.21. The SMILES string of the molecule is c1ccc(-c2nc(-c3ccccc3)nc(-n3c4ccccc4c4cc(-n5c6ccccc6c6nnc7c8ccccc8n(-c8ccccc8)c7c65)ccc43)n2)cc1. The highest BCUT2D eigenvalue weighted by Gasteiger charge is 2.24. The molecule has 0 bridgehead atoms. The number of aromatic nitrogens is 8. The second-order valence-electron chi connectivity index (χ2n) is 14.2. The van der Waals surface area contributed by atoms with Crippen molar-refractivity contribution in [3.63, 3.8) is 0 Å². The van der Waals surface area contributed by atoms with E-state index >= 15 is 0 Å². The smallest absolute Gasteiger partial charge is 0.238 e. The van der Waals surface area contributed by atoms with Gasteiger partial charge in [0, 0.05) is 44.0 Å². The van der Waals surface area contributed by atoms with Gasteiger partial charge in [0.2, 0.25) is 5.95 Å². The number of hydrogen-bond donors (Lipinski definition) is 0. The van der Waals surface area contributed by atoms with Gasteiger partial charge in [0.25, 0.3) is 0 Å². The number of fused-ring (bicyclic) bond motifs is 10. The third kappa shape index (κ3) is 4.71. The largest absolute Gasteiger partial charge is 0.306 e. The van der Waals surface area contributed by atoms with E-state index in [1.807, 2.05) is 60.7 Å². The highest BCUT2D eigenvalue weighted by atomic mass is 15.2. The summed E-state index contributed by atoms with van der Waals surface area (Å²) in [5.41, 5.74) is 11.8. The van der Waals surface area contributed by atoms with Gasteiger partial charge in [-0.1, -0.05) is 133 Å². The van der Waals surface area contributed by atoms with Crippen LogP contribution >= 0.6 is 0 Å². The summed E-state index contributed by atoms with van der Waals surface area (Å²) in [7, 11) is 0. The first-order valence-corrected chi connectivity index (χ1v) is 19.0. The van der Waals surface area contributed by atoms with Crippen LogP contribution in [0.3, 0.4) is 0 Å². The van der Waals surface area contributed by atoms with Gasteiger partial charge in [0.1, 0.15) is 22.1 Å². The molecule has 5 heterocycles. The molecule has 12 aromatic rings. The Morgan fingerprint density at radius 3 is 1.32 bits per heavy atom. The second-order valence-corrected chi connectivity index (χ2v) is 14.2. The molecule has 266 valence electrons. The van der Waals surface area contributed by atoms with E-state index in [1.54, 1.807) is 0 Å². The number of hydrogen-bond acceptors (Lipinski definition) is 5. The first-order valence-electron chi connectivity index (χ1n) is 19.0. The van der Waals surface area contributed by atoms with Crippen LogP contribution in [0.1, 0.15) is 0 Å². The average Bonchev–Trinajstić information content (AvgIpc) is 3.93. The molecule has 0 aliphatic rings. The van der Waals surface area contributed by atoms with Crippen LogP contribution in [-0.2, 0) is 0 Å². The van der Waals surface area contributed by atoms with Gasteiger partial charge in [-0.05, 0) is 48.5 Å². The molecule has 0 radical (unpaired) electrons. The molecule has 0 aliphatic heterocycles. The lowest BCUT2D eigenvalue weighted by Gasteiger charge is -2.13. The summed E-state index contributed by atoms with van der Waals surface area (Å²) in [5, 5.41) is 14.2. The van der Waals surface area contributed by atoms with E-state index in [2.05, 4.69) is 135 Å². The Balaban J connectivity index is 1.16. The van der Waals surface area contributed by atoms with Crippen molar-refractivity contribution in [2.75, 3.05) is 0 Å². The van der Waals surface area contributed by atoms with E-state index in [0.717, 1.165) is 88.2 Å². The Morgan fingerprint density at radius 2 is 0.754 bits per heavy atom. The van der Waals surface area contributed by atoms with Gasteiger partial charge in [0.05, 0.1) is 22.1 Å². The van der Waals surface area contributed by atoms with Crippen molar-refractivity contribution in [3.05, 3.63) is 182 Å². The molecule has 12 rings (SSSR count). The normalized spacial score (nSPS) is 11.9. The van der Waals surface area contributed by atoms with Crippen LogP contribution in [0.25, 0.3) is 106 Å². The molecule has 0 saturated carbocycles. The van der Waals surface area contributed by atoms with Crippen LogP contribution < -0.4 is 0 Å². The number of benzene rings is 7. The molecule has 0 saturated heterocycles. The molecular weight excluding hydrogens is 701 g/mol. The maximum atomic E-state index is 5.14. The predicted octanol–water partition coefficient (Wildman–Crippen LogP) is 11.3. The molecule has 0 N–H and O–H groups in total. The fraction of sp³-hybridized carbons (Fsp3) is 0. The summed E-state index contributed by atoms with van der Waals surface area (Å²) >= 11 is 0. The Labute approximate surface area is 325 Å². The van der Waals surface area contributed by atoms with Gasteiger partial charge in [-0.25, -0.2) is 4.98 Å². The Morgan fingerprint density at radius 1 is 0.316 bits per heavy atom. The second kappa shape index (κ2) is 12.3. The molecule has 0 amide bonds. The average molecular weight is 731 g/mol. The molecule has 0 aliphatic carbocycles. The number of para-hydroxylation sites is 4. The molecule has 0 spiro atoms. The van der Waals surface area contributed by atoms with Crippen molar-refractivity contribution in [3.8, 4) is 40.1 Å². The summed E-state index contributed by atoms with van der Waals surface area (Å²) in [6, 6.07) is 62.8. The van der Waals surface area contributed by atoms with E-state index in [0.29, 0.717) is 17.6 Å². The van der Waals surface area contributed by atoms with Crippen LogP contribution in [0.5, 0.6) is 0 Å². The van der Waals surface area contributed by atoms with Crippen LogP contribution in [0.2, 0.25) is 0 Å². The van der Waals surface area contributed by atoms with E-state index in [-0.39, 0.29) is 0 Å². The van der Waals surface area contributed by atoms with Crippen molar-refractivity contribution >= 4 is 65.7 Å². The molecule has 5 aromatic heterocycles. The van der Waals surface area contributed by atoms with Crippen LogP contribution in [0.4, 0.5) is 0 Å². The van der Waals surface area contributed by atoms with E-state index in [9.17, 15) is 0 Å². The van der Waals surface area contributed by atoms with Crippen molar-refractivity contribution in [1.82, 2.24) is 38.9 Å². The topological polar surface area (TPSA) is 79.2 Å². The zero-order chi connectivity index (χ0) is 37.5. The Kier molecular flexibility index (Phi) is 6.76. The van der Waals surface area contributed by atoms with Gasteiger partial charge >= 0.3 is 0 Å². The molecular formula is C49H30N8. The minimum absolute atomic E-state index is 0.558. The lowest BCUT2D eigenvalue weighted by molar-refractivity contribution is 0.953. The fourth-order valence-corrected chi connectivity index (χ4v) is 8.51. The number of rotatable bonds is 5. The minimum Gasteiger partial charge on any atom is -0.306 e. The molecule has 0 atom stereocenters. The van der Waals surface area contributed by atoms with Gasteiger partial charge in [-0.15, -0.1) is 10.2 Å². The summed E-state index contributed by atoms with van der Waals surface area (Å²) in [5.74, 6) is 1.79. The van der Waals surface area contributed by atoms with Crippen molar-refractivity contribution in [2.24, 2.45) is 0 Å². The number of nitrogens with zero attached hydrogens (tertiary/aromatic N) is 8. The van der Waals surface area contributed by atoms with Gasteiger partial charge < -0.3 is 9.13 Å². The predicted molar refractivity (Wildman–Crippen MR) is 229 cm³/mol. The molecule has 0 fully saturated rings. The van der Waals surface area contributed by atoms with E-state index in [4.69, 9.17) is 25.1 Å². The summed E-state index contributed by atoms with van der Waals surface area (Å²) in [6.07, 6.45) is 0. The molecule has 7 aromatic carbocycles. The van der Waals surface area contributed by atoms with E-state index < -0.39 is 0 Å². The van der Waals surface area contributed by atoms with Crippen LogP contribution in [0, 0.1) is 0 Å². The summed E-state index contributed by atoms with van der Waals surface area (Å²) in [4.78, 5) is 15.2. The third-order valence-corrected chi connectivity index (χ3v) is 11.0. The van der Waals surface area contributed by atoms with Crippen molar-refractivity contribution in [1.29, 1.82) is 0 Å². The Bertz CT molecular complexity index is 3450. The van der Waals surface area contributed by atoms with Crippen molar-refractivity contribution < 1.29 is 0 Å². The van der Waals surface area contributed by atoms with Gasteiger partial charge in [0.15, 0.2) is 11.6 Å². The third-order valence-electron chi connectivity index (χ3n) is 11.0. The van der Waals surface area contributed by atoms with Gasteiger partial charge in [-0.3, -0.25) is 4.57 Å². The monoisotopic (exact) mass is 730 g/mol. The highest BCUT2D eigenvalue weighted by Crippen LogP contribution is 2.41.